The first kappa shape index (κ1) is 22.3. The molecule has 0 atom stereocenters. The van der Waals surface area contributed by atoms with Crippen LogP contribution in [-0.2, 0) is 15.9 Å². The van der Waals surface area contributed by atoms with Crippen LogP contribution >= 0.6 is 11.3 Å². The van der Waals surface area contributed by atoms with Crippen LogP contribution in [0.25, 0.3) is 21.7 Å². The molecule has 0 bridgehead atoms. The second kappa shape index (κ2) is 9.81. The van der Waals surface area contributed by atoms with Gasteiger partial charge in [0.05, 0.1) is 47.3 Å². The molecule has 2 fully saturated rings. The van der Waals surface area contributed by atoms with Gasteiger partial charge >= 0.3 is 0 Å². The van der Waals surface area contributed by atoms with Crippen LogP contribution in [0.4, 0.5) is 10.7 Å². The van der Waals surface area contributed by atoms with Crippen LogP contribution in [0.2, 0.25) is 0 Å². The highest BCUT2D eigenvalue weighted by atomic mass is 32.1. The third kappa shape index (κ3) is 4.82. The summed E-state index contributed by atoms with van der Waals surface area (Å²) >= 11 is 1.74. The summed E-state index contributed by atoms with van der Waals surface area (Å²) in [7, 11) is 0. The van der Waals surface area contributed by atoms with E-state index in [1.54, 1.807) is 11.3 Å². The molecular formula is C27H28N4O3S. The summed E-state index contributed by atoms with van der Waals surface area (Å²) in [6, 6.07) is 18.3. The number of carbonyl (C=O) groups is 1. The van der Waals surface area contributed by atoms with Crippen molar-refractivity contribution in [3.63, 3.8) is 0 Å². The van der Waals surface area contributed by atoms with Gasteiger partial charge in [0.15, 0.2) is 5.78 Å². The molecule has 8 heteroatoms. The molecule has 35 heavy (non-hydrogen) atoms. The zero-order chi connectivity index (χ0) is 23.6. The highest BCUT2D eigenvalue weighted by Gasteiger charge is 2.16. The van der Waals surface area contributed by atoms with E-state index in [1.165, 1.54) is 5.00 Å². The number of thiophene rings is 1. The number of H-pyrrole nitrogens is 1. The minimum atomic E-state index is 0.117. The average molecular weight is 489 g/mol. The maximum atomic E-state index is 12.9. The van der Waals surface area contributed by atoms with E-state index in [2.05, 4.69) is 26.9 Å². The number of hydrogen-bond acceptors (Lipinski definition) is 7. The number of aromatic amines is 1. The quantitative estimate of drug-likeness (QED) is 0.406. The van der Waals surface area contributed by atoms with Crippen molar-refractivity contribution in [2.75, 3.05) is 62.4 Å². The molecule has 4 aromatic rings. The number of nitrogens with zero attached hydrogens (tertiary/aromatic N) is 3. The summed E-state index contributed by atoms with van der Waals surface area (Å²) in [6.07, 6.45) is 0.362. The fraction of sp³-hybridized carbons (Fsp3) is 0.333. The number of morpholine rings is 2. The molecule has 4 heterocycles. The molecule has 0 saturated carbocycles. The first-order valence-corrected chi connectivity index (χ1v) is 12.9. The Morgan fingerprint density at radius 3 is 2.34 bits per heavy atom. The predicted molar refractivity (Wildman–Crippen MR) is 140 cm³/mol. The maximum Gasteiger partial charge on any atom is 0.167 e. The minimum Gasteiger partial charge on any atom is -0.378 e. The van der Waals surface area contributed by atoms with Gasteiger partial charge in [0.1, 0.15) is 5.82 Å². The first-order chi connectivity index (χ1) is 17.2. The molecule has 2 aliphatic rings. The van der Waals surface area contributed by atoms with Crippen LogP contribution in [0.3, 0.4) is 0 Å². The van der Waals surface area contributed by atoms with Gasteiger partial charge in [-0.2, -0.15) is 0 Å². The summed E-state index contributed by atoms with van der Waals surface area (Å²) < 4.78 is 10.9. The lowest BCUT2D eigenvalue weighted by Gasteiger charge is -2.28. The number of ketones is 1. The Balaban J connectivity index is 1.15. The fourth-order valence-corrected chi connectivity index (χ4v) is 5.66. The number of rotatable bonds is 6. The van der Waals surface area contributed by atoms with Crippen LogP contribution in [0.1, 0.15) is 15.9 Å². The third-order valence-corrected chi connectivity index (χ3v) is 7.78. The molecule has 2 aromatic heterocycles. The van der Waals surface area contributed by atoms with E-state index < -0.39 is 0 Å². The Hall–Kier alpha value is -3.20. The Morgan fingerprint density at radius 1 is 0.886 bits per heavy atom. The van der Waals surface area contributed by atoms with E-state index in [0.717, 1.165) is 91.2 Å². The molecule has 180 valence electrons. The number of fused-ring (bicyclic) bond motifs is 1. The van der Waals surface area contributed by atoms with Crippen molar-refractivity contribution >= 4 is 38.8 Å². The van der Waals surface area contributed by atoms with Gasteiger partial charge in [0, 0.05) is 43.9 Å². The van der Waals surface area contributed by atoms with Crippen molar-refractivity contribution in [2.45, 2.75) is 6.42 Å². The molecular weight excluding hydrogens is 460 g/mol. The molecule has 2 saturated heterocycles. The Bertz CT molecular complexity index is 1320. The Labute approximate surface area is 208 Å². The summed E-state index contributed by atoms with van der Waals surface area (Å²) in [5, 5.41) is 1.25. The monoisotopic (exact) mass is 488 g/mol. The van der Waals surface area contributed by atoms with Crippen LogP contribution in [0.15, 0.2) is 54.6 Å². The molecule has 1 N–H and O–H groups in total. The van der Waals surface area contributed by atoms with Crippen molar-refractivity contribution in [2.24, 2.45) is 0 Å². The van der Waals surface area contributed by atoms with Gasteiger partial charge in [-0.1, -0.05) is 6.07 Å². The van der Waals surface area contributed by atoms with E-state index in [4.69, 9.17) is 14.5 Å². The fourth-order valence-electron chi connectivity index (χ4n) is 4.66. The van der Waals surface area contributed by atoms with E-state index in [1.807, 2.05) is 42.5 Å². The summed E-state index contributed by atoms with van der Waals surface area (Å²) in [5.74, 6) is 0.984. The zero-order valence-electron chi connectivity index (χ0n) is 19.5. The third-order valence-electron chi connectivity index (χ3n) is 6.62. The number of Topliss-reactive ketones (excluding diaryl/α,β-unsaturated/α-hetero) is 1. The molecule has 0 amide bonds. The molecule has 0 unspecified atom stereocenters. The van der Waals surface area contributed by atoms with E-state index >= 15 is 0 Å². The number of imidazole rings is 1. The second-order valence-electron chi connectivity index (χ2n) is 8.92. The second-order valence-corrected chi connectivity index (χ2v) is 9.98. The van der Waals surface area contributed by atoms with Gasteiger partial charge in [-0.3, -0.25) is 4.79 Å². The Morgan fingerprint density at radius 2 is 1.60 bits per heavy atom. The number of ether oxygens (including phenoxy) is 2. The number of hydrogen-bond donors (Lipinski definition) is 1. The molecule has 6 rings (SSSR count). The summed E-state index contributed by atoms with van der Waals surface area (Å²) in [6.45, 7) is 6.68. The molecule has 0 radical (unpaired) electrons. The van der Waals surface area contributed by atoms with Gasteiger partial charge in [-0.05, 0) is 54.1 Å². The van der Waals surface area contributed by atoms with E-state index in [9.17, 15) is 4.79 Å². The molecule has 0 aliphatic carbocycles. The summed E-state index contributed by atoms with van der Waals surface area (Å²) in [5.41, 5.74) is 4.72. The smallest absolute Gasteiger partial charge is 0.167 e. The van der Waals surface area contributed by atoms with Crippen molar-refractivity contribution < 1.29 is 14.3 Å². The number of anilines is 2. The lowest BCUT2D eigenvalue weighted by atomic mass is 10.0. The molecule has 2 aromatic carbocycles. The van der Waals surface area contributed by atoms with Crippen molar-refractivity contribution in [1.82, 2.24) is 9.97 Å². The largest absolute Gasteiger partial charge is 0.378 e. The van der Waals surface area contributed by atoms with Crippen molar-refractivity contribution in [3.05, 3.63) is 65.7 Å². The van der Waals surface area contributed by atoms with Gasteiger partial charge in [0.2, 0.25) is 0 Å². The van der Waals surface area contributed by atoms with Crippen LogP contribution in [0.5, 0.6) is 0 Å². The average Bonchev–Trinajstić information content (AvgIpc) is 3.57. The highest BCUT2D eigenvalue weighted by Crippen LogP contribution is 2.33. The van der Waals surface area contributed by atoms with Gasteiger partial charge in [-0.15, -0.1) is 11.3 Å². The van der Waals surface area contributed by atoms with Crippen LogP contribution < -0.4 is 9.80 Å². The lowest BCUT2D eigenvalue weighted by Crippen LogP contribution is -2.36. The van der Waals surface area contributed by atoms with Crippen molar-refractivity contribution in [3.8, 4) is 10.7 Å². The SMILES string of the molecule is O=C(Cc1ccc2nc(-c3ccc(N4CCOCC4)s3)[nH]c2c1)c1ccc(N2CCOCC2)cc1. The predicted octanol–water partition coefficient (Wildman–Crippen LogP) is 4.39. The minimum absolute atomic E-state index is 0.117. The number of benzene rings is 2. The molecule has 0 spiro atoms. The Kier molecular flexibility index (Phi) is 6.24. The first-order valence-electron chi connectivity index (χ1n) is 12.1. The number of nitrogens with one attached hydrogen (secondary N) is 1. The maximum absolute atomic E-state index is 12.9. The summed E-state index contributed by atoms with van der Waals surface area (Å²) in [4.78, 5) is 26.9. The highest BCUT2D eigenvalue weighted by molar-refractivity contribution is 7.19. The van der Waals surface area contributed by atoms with E-state index in [0.29, 0.717) is 6.42 Å². The van der Waals surface area contributed by atoms with E-state index in [-0.39, 0.29) is 5.78 Å². The normalized spacial score (nSPS) is 16.7. The van der Waals surface area contributed by atoms with Crippen molar-refractivity contribution in [1.29, 1.82) is 0 Å². The van der Waals surface area contributed by atoms with Crippen LogP contribution in [0, 0.1) is 0 Å². The topological polar surface area (TPSA) is 70.7 Å². The molecule has 7 nitrogen and oxygen atoms in total. The zero-order valence-corrected chi connectivity index (χ0v) is 20.4. The lowest BCUT2D eigenvalue weighted by molar-refractivity contribution is 0.0993. The number of aromatic nitrogens is 2. The van der Waals surface area contributed by atoms with Gasteiger partial charge in [0.25, 0.3) is 0 Å². The van der Waals surface area contributed by atoms with Crippen LogP contribution in [-0.4, -0.2) is 68.4 Å². The molecule has 2 aliphatic heterocycles. The number of carbonyl (C=O) groups excluding carboxylic acids is 1. The van der Waals surface area contributed by atoms with Gasteiger partial charge in [-0.25, -0.2) is 4.98 Å². The van der Waals surface area contributed by atoms with Gasteiger partial charge < -0.3 is 24.3 Å². The standard InChI is InChI=1S/C27H28N4O3S/c32-24(20-2-4-21(5-3-20)30-9-13-33-14-10-30)18-19-1-6-22-23(17-19)29-27(28-22)25-7-8-26(35-25)31-11-15-34-16-12-31/h1-8,17H,9-16,18H2,(H,28,29).